The zero-order valence-electron chi connectivity index (χ0n) is 26.2. The number of amides is 1. The van der Waals surface area contributed by atoms with Crippen LogP contribution in [0.3, 0.4) is 0 Å². The smallest absolute Gasteiger partial charge is 0.423 e. The molecule has 2 aromatic rings. The molecule has 3 unspecified atom stereocenters. The number of ether oxygens (including phenoxy) is 4. The van der Waals surface area contributed by atoms with Crippen molar-refractivity contribution < 1.29 is 65.1 Å². The first kappa shape index (κ1) is 40.2. The van der Waals surface area contributed by atoms with Gasteiger partial charge in [0.1, 0.15) is 11.4 Å². The van der Waals surface area contributed by atoms with E-state index in [1.54, 1.807) is 42.5 Å². The Morgan fingerprint density at radius 2 is 1.50 bits per heavy atom. The topological polar surface area (TPSA) is 171 Å². The van der Waals surface area contributed by atoms with Gasteiger partial charge >= 0.3 is 18.3 Å². The van der Waals surface area contributed by atoms with Crippen LogP contribution in [-0.2, 0) is 25.6 Å². The van der Waals surface area contributed by atoms with Crippen LogP contribution >= 0.6 is 0 Å². The average Bonchev–Trinajstić information content (AvgIpc) is 3.01. The predicted molar refractivity (Wildman–Crippen MR) is 158 cm³/mol. The molecular weight excluding hydrogens is 658 g/mol. The molecule has 268 valence electrons. The minimum absolute atomic E-state index is 0.0386. The molecule has 0 spiro atoms. The molecule has 0 aliphatic rings. The lowest BCUT2D eigenvalue weighted by Crippen LogP contribution is -2.54. The van der Waals surface area contributed by atoms with E-state index in [9.17, 15) is 46.1 Å². The van der Waals surface area contributed by atoms with E-state index in [4.69, 9.17) is 19.6 Å². The molecule has 0 fully saturated rings. The highest BCUT2D eigenvalue weighted by Crippen LogP contribution is 2.35. The zero-order valence-corrected chi connectivity index (χ0v) is 26.2. The van der Waals surface area contributed by atoms with Gasteiger partial charge in [-0.2, -0.15) is 26.3 Å². The molecule has 6 N–H and O–H groups in total. The molecule has 1 amide bonds. The van der Waals surface area contributed by atoms with Gasteiger partial charge in [-0.1, -0.05) is 30.3 Å². The monoisotopic (exact) mass is 696 g/mol. The maximum absolute atomic E-state index is 12.8. The van der Waals surface area contributed by atoms with Gasteiger partial charge in [-0.3, -0.25) is 10.2 Å². The number of hydrogen-bond donors (Lipinski definition) is 6. The van der Waals surface area contributed by atoms with Crippen molar-refractivity contribution in [1.29, 1.82) is 5.41 Å². The van der Waals surface area contributed by atoms with E-state index in [1.807, 2.05) is 0 Å². The molecular formula is C30H38F6N4O8. The average molecular weight is 697 g/mol. The van der Waals surface area contributed by atoms with Gasteiger partial charge in [-0.05, 0) is 56.5 Å². The fourth-order valence-electron chi connectivity index (χ4n) is 3.80. The van der Waals surface area contributed by atoms with Crippen LogP contribution in [0.15, 0.2) is 54.6 Å². The minimum atomic E-state index is -5.79. The third kappa shape index (κ3) is 13.6. The third-order valence-electron chi connectivity index (χ3n) is 6.68. The number of alkyl halides is 6. The molecule has 0 aliphatic carbocycles. The molecule has 2 rings (SSSR count). The van der Waals surface area contributed by atoms with Gasteiger partial charge < -0.3 is 45.1 Å². The molecule has 18 heteroatoms. The van der Waals surface area contributed by atoms with Crippen molar-refractivity contribution in [2.24, 2.45) is 0 Å². The summed E-state index contributed by atoms with van der Waals surface area (Å²) in [4.78, 5) is 24.7. The standard InChI is InChI=1S/C30H38F6N4O8/c1-28(2,45-3)25(43)39-21(22(41)17-46-24(29(31,32)33)30(34,35)36)10-7-15-38-26(37)40-27(44)47-16-18-11-13-20(14-12-18)48-23(42)19-8-5-4-6-9-19/h4-6,8-9,11-14,21-22,24,27,41,44H,7,10,15-17H2,1-3H3,(H,39,43)(H3,37,38,40). The second-order valence-electron chi connectivity index (χ2n) is 10.8. The van der Waals surface area contributed by atoms with E-state index in [-0.39, 0.29) is 31.7 Å². The van der Waals surface area contributed by atoms with Crippen LogP contribution in [0.25, 0.3) is 0 Å². The highest BCUT2D eigenvalue weighted by molar-refractivity contribution is 5.91. The largest absolute Gasteiger partial charge is 0.423 e. The Morgan fingerprint density at radius 1 is 0.896 bits per heavy atom. The molecule has 0 radical (unpaired) electrons. The van der Waals surface area contributed by atoms with Gasteiger partial charge in [-0.25, -0.2) is 4.79 Å². The SMILES string of the molecule is COC(C)(C)C(=O)NC(CCCNC(=N)NC(O)OCc1ccc(OC(=O)c2ccccc2)cc1)C(O)COC(C(F)(F)F)C(F)(F)F. The van der Waals surface area contributed by atoms with E-state index in [0.717, 1.165) is 0 Å². The number of aliphatic hydroxyl groups excluding tert-OH is 2. The maximum Gasteiger partial charge on any atom is 0.423 e. The lowest BCUT2D eigenvalue weighted by molar-refractivity contribution is -0.325. The van der Waals surface area contributed by atoms with Crippen LogP contribution < -0.4 is 20.7 Å². The quantitative estimate of drug-likeness (QED) is 0.0274. The van der Waals surface area contributed by atoms with Crippen molar-refractivity contribution in [2.45, 2.75) is 75.9 Å². The molecule has 12 nitrogen and oxygen atoms in total. The summed E-state index contributed by atoms with van der Waals surface area (Å²) in [6.07, 6.45) is -19.5. The summed E-state index contributed by atoms with van der Waals surface area (Å²) in [6.45, 7) is 1.16. The number of carbonyl (C=O) groups is 2. The Kier molecular flexibility index (Phi) is 15.1. The maximum atomic E-state index is 12.8. The van der Waals surface area contributed by atoms with Gasteiger partial charge in [0.25, 0.3) is 5.91 Å². The van der Waals surface area contributed by atoms with Gasteiger partial charge in [0.15, 0.2) is 5.96 Å². The molecule has 0 aliphatic heterocycles. The highest BCUT2D eigenvalue weighted by Gasteiger charge is 2.58. The summed E-state index contributed by atoms with van der Waals surface area (Å²) in [6, 6.07) is 13.3. The van der Waals surface area contributed by atoms with E-state index in [2.05, 4.69) is 20.7 Å². The van der Waals surface area contributed by atoms with Crippen LogP contribution in [0.5, 0.6) is 5.75 Å². The number of carbonyl (C=O) groups excluding carboxylic acids is 2. The molecule has 48 heavy (non-hydrogen) atoms. The first-order valence-corrected chi connectivity index (χ1v) is 14.4. The van der Waals surface area contributed by atoms with E-state index in [0.29, 0.717) is 11.1 Å². The number of halogens is 6. The highest BCUT2D eigenvalue weighted by atomic mass is 19.4. The lowest BCUT2D eigenvalue weighted by Gasteiger charge is -2.30. The third-order valence-corrected chi connectivity index (χ3v) is 6.68. The molecule has 0 aromatic heterocycles. The number of rotatable bonds is 17. The summed E-state index contributed by atoms with van der Waals surface area (Å²) in [7, 11) is 1.20. The summed E-state index contributed by atoms with van der Waals surface area (Å²) in [5, 5.41) is 35.6. The molecule has 0 bridgehead atoms. The van der Waals surface area contributed by atoms with Gasteiger partial charge in [-0.15, -0.1) is 0 Å². The van der Waals surface area contributed by atoms with E-state index < -0.39 is 67.1 Å². The van der Waals surface area contributed by atoms with E-state index in [1.165, 1.54) is 33.1 Å². The number of nitrogens with one attached hydrogen (secondary N) is 4. The molecule has 0 saturated heterocycles. The fraction of sp³-hybridized carbons (Fsp3) is 0.500. The molecule has 0 saturated carbocycles. The number of benzene rings is 2. The van der Waals surface area contributed by atoms with Gasteiger partial charge in [0.05, 0.1) is 30.9 Å². The Hall–Kier alpha value is -3.97. The van der Waals surface area contributed by atoms with Crippen molar-refractivity contribution in [3.63, 3.8) is 0 Å². The van der Waals surface area contributed by atoms with Gasteiger partial charge in [0.2, 0.25) is 12.5 Å². The Morgan fingerprint density at radius 3 is 2.06 bits per heavy atom. The Bertz CT molecular complexity index is 1300. The zero-order chi connectivity index (χ0) is 36.1. The van der Waals surface area contributed by atoms with Crippen LogP contribution in [0.2, 0.25) is 0 Å². The first-order valence-electron chi connectivity index (χ1n) is 14.4. The number of guanidine groups is 1. The summed E-state index contributed by atoms with van der Waals surface area (Å²) in [5.74, 6) is -1.46. The van der Waals surface area contributed by atoms with Gasteiger partial charge in [0, 0.05) is 13.7 Å². The predicted octanol–water partition coefficient (Wildman–Crippen LogP) is 3.37. The Balaban J connectivity index is 1.83. The van der Waals surface area contributed by atoms with Crippen LogP contribution in [0, 0.1) is 5.41 Å². The summed E-state index contributed by atoms with van der Waals surface area (Å²) < 4.78 is 96.6. The number of methoxy groups -OCH3 is 1. The second kappa shape index (κ2) is 18.0. The van der Waals surface area contributed by atoms with Crippen molar-refractivity contribution in [2.75, 3.05) is 20.3 Å². The van der Waals surface area contributed by atoms with Crippen LogP contribution in [0.1, 0.15) is 42.6 Å². The van der Waals surface area contributed by atoms with Crippen molar-refractivity contribution in [3.8, 4) is 5.75 Å². The first-order chi connectivity index (χ1) is 22.3. The lowest BCUT2D eigenvalue weighted by atomic mass is 10.0. The molecule has 0 heterocycles. The summed E-state index contributed by atoms with van der Waals surface area (Å²) in [5.41, 5.74) is -0.474. The normalized spacial score (nSPS) is 14.2. The van der Waals surface area contributed by atoms with Crippen molar-refractivity contribution in [1.82, 2.24) is 16.0 Å². The number of esters is 1. The number of hydrogen-bond acceptors (Lipinski definition) is 9. The Labute approximate surface area is 272 Å². The van der Waals surface area contributed by atoms with Crippen LogP contribution in [0.4, 0.5) is 26.3 Å². The van der Waals surface area contributed by atoms with Crippen molar-refractivity contribution >= 4 is 17.8 Å². The van der Waals surface area contributed by atoms with E-state index >= 15 is 0 Å². The minimum Gasteiger partial charge on any atom is -0.423 e. The summed E-state index contributed by atoms with van der Waals surface area (Å²) >= 11 is 0. The molecule has 3 atom stereocenters. The molecule has 2 aromatic carbocycles. The number of aliphatic hydroxyl groups is 2. The van der Waals surface area contributed by atoms with Crippen LogP contribution in [-0.4, -0.2) is 90.9 Å². The second-order valence-corrected chi connectivity index (χ2v) is 10.8. The fourth-order valence-corrected chi connectivity index (χ4v) is 3.80. The van der Waals surface area contributed by atoms with Crippen molar-refractivity contribution in [3.05, 3.63) is 65.7 Å².